The molecular weight excluding hydrogens is 351 g/mol. The summed E-state index contributed by atoms with van der Waals surface area (Å²) in [4.78, 5) is 20.3. The second kappa shape index (κ2) is 7.39. The van der Waals surface area contributed by atoms with E-state index in [9.17, 15) is 4.79 Å². The molecule has 7 nitrogen and oxygen atoms in total. The highest BCUT2D eigenvalue weighted by Crippen LogP contribution is 2.36. The molecule has 2 aromatic heterocycles. The minimum atomic E-state index is -1.79. The summed E-state index contributed by atoms with van der Waals surface area (Å²) in [7, 11) is 0. The van der Waals surface area contributed by atoms with Crippen LogP contribution in [-0.2, 0) is 10.2 Å². The van der Waals surface area contributed by atoms with E-state index in [-0.39, 0.29) is 5.82 Å². The highest BCUT2D eigenvalue weighted by molar-refractivity contribution is 6.66. The smallest absolute Gasteiger partial charge is 0.243 e. The lowest BCUT2D eigenvalue weighted by atomic mass is 10.1. The van der Waals surface area contributed by atoms with E-state index >= 15 is 0 Å². The van der Waals surface area contributed by atoms with Gasteiger partial charge in [0.25, 0.3) is 3.79 Å². The molecule has 2 aromatic rings. The van der Waals surface area contributed by atoms with E-state index in [1.165, 1.54) is 12.7 Å². The van der Waals surface area contributed by atoms with Crippen LogP contribution in [0.4, 0.5) is 4.79 Å². The molecule has 0 radical (unpaired) electrons. The maximum absolute atomic E-state index is 12.3. The Hall–Kier alpha value is -1.18. The van der Waals surface area contributed by atoms with Gasteiger partial charge in [0.05, 0.1) is 0 Å². The van der Waals surface area contributed by atoms with Crippen LogP contribution < -0.4 is 0 Å². The number of carbonyl (C=O) groups excluding carboxylic acids is 1. The summed E-state index contributed by atoms with van der Waals surface area (Å²) in [6, 6.07) is -0.518. The summed E-state index contributed by atoms with van der Waals surface area (Å²) in [5, 5.41) is 7.79. The fraction of sp³-hybridized carbons (Fsp3) is 0.583. The number of nitrogens with zero attached hydrogens (tertiary/aromatic N) is 6. The molecule has 0 aliphatic heterocycles. The quantitative estimate of drug-likeness (QED) is 0.600. The normalized spacial score (nSPS) is 11.8. The van der Waals surface area contributed by atoms with E-state index in [1.54, 1.807) is 0 Å². The summed E-state index contributed by atoms with van der Waals surface area (Å²) in [5.41, 5.74) is 0. The molecule has 0 spiro atoms. The highest BCUT2D eigenvalue weighted by Gasteiger charge is 2.31. The fourth-order valence-corrected chi connectivity index (χ4v) is 2.13. The number of unbranched alkanes of at least 4 members (excludes halogenated alkanes) is 3. The van der Waals surface area contributed by atoms with E-state index in [1.807, 2.05) is 0 Å². The molecule has 0 aliphatic carbocycles. The van der Waals surface area contributed by atoms with Gasteiger partial charge < -0.3 is 0 Å². The Morgan fingerprint density at radius 2 is 2.05 bits per heavy atom. The van der Waals surface area contributed by atoms with Gasteiger partial charge in [-0.15, -0.1) is 5.10 Å². The third-order valence-electron chi connectivity index (χ3n) is 2.98. The standard InChI is InChI=1S/C12H15Cl3N6O/c1-2-3-4-5-6-9-18-10(12(13,14)15)19-21(9)11(22)20-8-16-7-17-20/h7-8H,2-6H2,1H3. The van der Waals surface area contributed by atoms with E-state index in [0.717, 1.165) is 35.0 Å². The van der Waals surface area contributed by atoms with Crippen molar-refractivity contribution in [1.29, 1.82) is 0 Å². The number of aromatic nitrogens is 6. The lowest BCUT2D eigenvalue weighted by Crippen LogP contribution is -2.23. The second-order valence-corrected chi connectivity index (χ2v) is 6.98. The van der Waals surface area contributed by atoms with E-state index in [2.05, 4.69) is 27.1 Å². The minimum Gasteiger partial charge on any atom is -0.243 e. The van der Waals surface area contributed by atoms with Crippen molar-refractivity contribution in [3.63, 3.8) is 0 Å². The summed E-state index contributed by atoms with van der Waals surface area (Å²) >= 11 is 17.4. The first-order valence-corrected chi connectivity index (χ1v) is 7.99. The topological polar surface area (TPSA) is 78.5 Å². The van der Waals surface area contributed by atoms with Crippen molar-refractivity contribution in [3.8, 4) is 0 Å². The van der Waals surface area contributed by atoms with Crippen molar-refractivity contribution in [1.82, 2.24) is 29.5 Å². The number of alkyl halides is 3. The number of hydrogen-bond acceptors (Lipinski definition) is 5. The minimum absolute atomic E-state index is 0.0311. The molecular formula is C12H15Cl3N6O. The molecule has 0 aliphatic rings. The van der Waals surface area contributed by atoms with Crippen molar-refractivity contribution in [2.24, 2.45) is 0 Å². The van der Waals surface area contributed by atoms with Crippen LogP contribution in [0, 0.1) is 0 Å². The van der Waals surface area contributed by atoms with Crippen LogP contribution in [0.15, 0.2) is 12.7 Å². The van der Waals surface area contributed by atoms with Gasteiger partial charge in [-0.05, 0) is 6.42 Å². The van der Waals surface area contributed by atoms with Gasteiger partial charge in [-0.25, -0.2) is 14.8 Å². The molecule has 0 aromatic carbocycles. The third kappa shape index (κ3) is 4.18. The summed E-state index contributed by atoms with van der Waals surface area (Å²) in [5.74, 6) is 0.411. The molecule has 0 unspecified atom stereocenters. The van der Waals surface area contributed by atoms with E-state index in [0.29, 0.717) is 12.2 Å². The molecule has 0 bridgehead atoms. The summed E-state index contributed by atoms with van der Waals surface area (Å²) in [6.07, 6.45) is 7.23. The molecule has 22 heavy (non-hydrogen) atoms. The molecule has 10 heteroatoms. The van der Waals surface area contributed by atoms with Crippen molar-refractivity contribution in [2.45, 2.75) is 42.8 Å². The predicted molar refractivity (Wildman–Crippen MR) is 83.3 cm³/mol. The van der Waals surface area contributed by atoms with Gasteiger partial charge in [0.15, 0.2) is 0 Å². The van der Waals surface area contributed by atoms with Crippen LogP contribution >= 0.6 is 34.8 Å². The third-order valence-corrected chi connectivity index (χ3v) is 3.48. The molecule has 0 saturated heterocycles. The monoisotopic (exact) mass is 364 g/mol. The van der Waals surface area contributed by atoms with Crippen LogP contribution in [0.25, 0.3) is 0 Å². The summed E-state index contributed by atoms with van der Waals surface area (Å²) < 4.78 is 0.371. The average Bonchev–Trinajstić information content (AvgIpc) is 3.11. The highest BCUT2D eigenvalue weighted by atomic mass is 35.6. The molecule has 0 atom stereocenters. The Morgan fingerprint density at radius 1 is 1.27 bits per heavy atom. The number of halogens is 3. The largest absolute Gasteiger partial charge is 0.372 e. The number of rotatable bonds is 5. The number of carbonyl (C=O) groups is 1. The zero-order valence-corrected chi connectivity index (χ0v) is 14.2. The maximum atomic E-state index is 12.3. The SMILES string of the molecule is CCCCCCc1nc(C(Cl)(Cl)Cl)nn1C(=O)n1cncn1. The van der Waals surface area contributed by atoms with Crippen LogP contribution in [0.1, 0.15) is 44.3 Å². The number of hydrogen-bond donors (Lipinski definition) is 0. The van der Waals surface area contributed by atoms with Crippen molar-refractivity contribution in [2.75, 3.05) is 0 Å². The first-order valence-electron chi connectivity index (χ1n) is 6.86. The Morgan fingerprint density at radius 3 is 2.64 bits per heavy atom. The van der Waals surface area contributed by atoms with Crippen LogP contribution in [-0.4, -0.2) is 35.6 Å². The molecule has 0 saturated carbocycles. The fourth-order valence-electron chi connectivity index (χ4n) is 1.89. The van der Waals surface area contributed by atoms with Gasteiger partial charge in [0, 0.05) is 6.42 Å². The molecule has 0 fully saturated rings. The zero-order valence-electron chi connectivity index (χ0n) is 11.9. The molecule has 2 rings (SSSR count). The lowest BCUT2D eigenvalue weighted by Gasteiger charge is -2.04. The molecule has 2 heterocycles. The molecule has 120 valence electrons. The van der Waals surface area contributed by atoms with Crippen molar-refractivity contribution >= 4 is 40.8 Å². The van der Waals surface area contributed by atoms with Crippen LogP contribution in [0.2, 0.25) is 0 Å². The van der Waals surface area contributed by atoms with E-state index < -0.39 is 9.82 Å². The summed E-state index contributed by atoms with van der Waals surface area (Å²) in [6.45, 7) is 2.12. The Kier molecular flexibility index (Phi) is 5.77. The molecule has 0 N–H and O–H groups in total. The van der Waals surface area contributed by atoms with Gasteiger partial charge >= 0.3 is 6.03 Å². The Balaban J connectivity index is 2.25. The van der Waals surface area contributed by atoms with E-state index in [4.69, 9.17) is 34.8 Å². The second-order valence-electron chi connectivity index (χ2n) is 4.69. The number of aryl methyl sites for hydroxylation is 1. The van der Waals surface area contributed by atoms with Crippen LogP contribution in [0.5, 0.6) is 0 Å². The average molecular weight is 366 g/mol. The van der Waals surface area contributed by atoms with Gasteiger partial charge in [-0.1, -0.05) is 61.0 Å². The maximum Gasteiger partial charge on any atom is 0.372 e. The predicted octanol–water partition coefficient (Wildman–Crippen LogP) is 3.34. The van der Waals surface area contributed by atoms with Gasteiger partial charge in [0.1, 0.15) is 18.5 Å². The first kappa shape index (κ1) is 17.2. The zero-order chi connectivity index (χ0) is 16.2. The van der Waals surface area contributed by atoms with Gasteiger partial charge in [-0.2, -0.15) is 14.5 Å². The van der Waals surface area contributed by atoms with Gasteiger partial charge in [-0.3, -0.25) is 0 Å². The van der Waals surface area contributed by atoms with Crippen molar-refractivity contribution in [3.05, 3.63) is 24.3 Å². The Labute approximate surface area is 142 Å². The lowest BCUT2D eigenvalue weighted by molar-refractivity contribution is 0.237. The van der Waals surface area contributed by atoms with Crippen LogP contribution in [0.3, 0.4) is 0 Å². The van der Waals surface area contributed by atoms with Gasteiger partial charge in [0.2, 0.25) is 5.82 Å². The molecule has 0 amide bonds. The Bertz CT molecular complexity index is 619. The van der Waals surface area contributed by atoms with Crippen molar-refractivity contribution < 1.29 is 4.79 Å². The first-order chi connectivity index (χ1) is 10.4.